The molecule has 0 N–H and O–H groups in total. The van der Waals surface area contributed by atoms with E-state index in [1.807, 2.05) is 30.3 Å². The molecule has 0 spiro atoms. The highest BCUT2D eigenvalue weighted by Crippen LogP contribution is 2.31. The van der Waals surface area contributed by atoms with E-state index in [-0.39, 0.29) is 6.29 Å². The van der Waals surface area contributed by atoms with Crippen LogP contribution in [0.4, 0.5) is 0 Å². The van der Waals surface area contributed by atoms with Crippen molar-refractivity contribution in [3.8, 4) is 0 Å². The minimum absolute atomic E-state index is 0.103. The molecule has 21 heavy (non-hydrogen) atoms. The number of benzene rings is 1. The molecule has 0 fully saturated rings. The topological polar surface area (TPSA) is 36.9 Å². The summed E-state index contributed by atoms with van der Waals surface area (Å²) in [5, 5.41) is 0. The second-order valence-corrected chi connectivity index (χ2v) is 5.03. The maximum Gasteiger partial charge on any atom is 0.194 e. The molecular weight excluding hydrogens is 268 g/mol. The van der Waals surface area contributed by atoms with E-state index in [0.29, 0.717) is 0 Å². The number of ether oxygens (including phenoxy) is 4. The maximum atomic E-state index is 5.67. The van der Waals surface area contributed by atoms with Crippen molar-refractivity contribution in [2.45, 2.75) is 44.2 Å². The van der Waals surface area contributed by atoms with Crippen LogP contribution in [0, 0.1) is 0 Å². The summed E-state index contributed by atoms with van der Waals surface area (Å²) in [5.41, 5.74) is 1.06. The predicted molar refractivity (Wildman–Crippen MR) is 83.0 cm³/mol. The lowest BCUT2D eigenvalue weighted by Crippen LogP contribution is -2.30. The van der Waals surface area contributed by atoms with Gasteiger partial charge in [-0.05, 0) is 19.3 Å². The molecule has 0 aliphatic carbocycles. The van der Waals surface area contributed by atoms with Gasteiger partial charge in [-0.15, -0.1) is 0 Å². The minimum atomic E-state index is -0.650. The smallest absolute Gasteiger partial charge is 0.194 e. The van der Waals surface area contributed by atoms with E-state index in [4.69, 9.17) is 18.9 Å². The van der Waals surface area contributed by atoms with Crippen molar-refractivity contribution in [2.75, 3.05) is 28.4 Å². The van der Waals surface area contributed by atoms with E-state index in [9.17, 15) is 0 Å². The van der Waals surface area contributed by atoms with Crippen molar-refractivity contribution in [3.05, 3.63) is 35.9 Å². The Morgan fingerprint density at radius 2 is 1.48 bits per heavy atom. The number of rotatable bonds is 11. The molecule has 0 aromatic heterocycles. The van der Waals surface area contributed by atoms with E-state index >= 15 is 0 Å². The lowest BCUT2D eigenvalue weighted by atomic mass is 9.98. The molecule has 0 bridgehead atoms. The fourth-order valence-electron chi connectivity index (χ4n) is 2.54. The first-order chi connectivity index (χ1) is 10.2. The maximum absolute atomic E-state index is 5.67. The molecule has 0 unspecified atom stereocenters. The van der Waals surface area contributed by atoms with Crippen molar-refractivity contribution in [2.24, 2.45) is 0 Å². The fourth-order valence-corrected chi connectivity index (χ4v) is 2.54. The Hall–Kier alpha value is -0.940. The molecule has 0 aliphatic rings. The van der Waals surface area contributed by atoms with E-state index < -0.39 is 5.79 Å². The third-order valence-electron chi connectivity index (χ3n) is 3.84. The molecule has 1 aromatic carbocycles. The molecular formula is C17H28O4. The Kier molecular flexibility index (Phi) is 8.54. The van der Waals surface area contributed by atoms with Gasteiger partial charge in [0.15, 0.2) is 12.1 Å². The summed E-state index contributed by atoms with van der Waals surface area (Å²) in [5.74, 6) is -0.650. The monoisotopic (exact) mass is 296 g/mol. The van der Waals surface area contributed by atoms with Gasteiger partial charge in [0.1, 0.15) is 0 Å². The first kappa shape index (κ1) is 18.1. The van der Waals surface area contributed by atoms with Gasteiger partial charge in [-0.3, -0.25) is 0 Å². The van der Waals surface area contributed by atoms with Crippen LogP contribution in [0.3, 0.4) is 0 Å². The van der Waals surface area contributed by atoms with Crippen LogP contribution in [0.2, 0.25) is 0 Å². The summed E-state index contributed by atoms with van der Waals surface area (Å²) in [6.45, 7) is 0. The van der Waals surface area contributed by atoms with Crippen molar-refractivity contribution in [1.29, 1.82) is 0 Å². The molecule has 0 aliphatic heterocycles. The van der Waals surface area contributed by atoms with Crippen molar-refractivity contribution < 1.29 is 18.9 Å². The van der Waals surface area contributed by atoms with Crippen LogP contribution in [0.5, 0.6) is 0 Å². The van der Waals surface area contributed by atoms with Crippen LogP contribution in [-0.4, -0.2) is 34.7 Å². The minimum Gasteiger partial charge on any atom is -0.356 e. The highest BCUT2D eigenvalue weighted by atomic mass is 16.7. The first-order valence-corrected chi connectivity index (χ1v) is 7.44. The molecule has 1 aromatic rings. The Balaban J connectivity index is 2.46. The van der Waals surface area contributed by atoms with Crippen LogP contribution >= 0.6 is 0 Å². The van der Waals surface area contributed by atoms with Crippen molar-refractivity contribution in [1.82, 2.24) is 0 Å². The van der Waals surface area contributed by atoms with Gasteiger partial charge in [0.05, 0.1) is 0 Å². The van der Waals surface area contributed by atoms with Gasteiger partial charge in [-0.1, -0.05) is 36.8 Å². The number of hydrogen-bond donors (Lipinski definition) is 0. The van der Waals surface area contributed by atoms with E-state index in [1.165, 1.54) is 0 Å². The molecule has 0 atom stereocenters. The SMILES string of the molecule is COC(CCCCCC(OC)(OC)c1ccccc1)OC. The standard InChI is InChI=1S/C17H28O4/c1-18-16(19-2)13-9-6-10-14-17(20-3,21-4)15-11-7-5-8-12-15/h5,7-8,11-12,16H,6,9-10,13-14H2,1-4H3. The fraction of sp³-hybridized carbons (Fsp3) is 0.647. The third kappa shape index (κ3) is 5.40. The lowest BCUT2D eigenvalue weighted by Gasteiger charge is -2.31. The van der Waals surface area contributed by atoms with E-state index in [1.54, 1.807) is 28.4 Å². The van der Waals surface area contributed by atoms with Gasteiger partial charge in [0.25, 0.3) is 0 Å². The van der Waals surface area contributed by atoms with E-state index in [0.717, 1.165) is 37.7 Å². The quantitative estimate of drug-likeness (QED) is 0.461. The Labute approximate surface area is 128 Å². The summed E-state index contributed by atoms with van der Waals surface area (Å²) in [4.78, 5) is 0. The van der Waals surface area contributed by atoms with Crippen LogP contribution in [0.1, 0.15) is 37.7 Å². The summed E-state index contributed by atoms with van der Waals surface area (Å²) < 4.78 is 21.7. The molecule has 0 saturated heterocycles. The second-order valence-electron chi connectivity index (χ2n) is 5.03. The zero-order valence-corrected chi connectivity index (χ0v) is 13.6. The number of hydrogen-bond acceptors (Lipinski definition) is 4. The predicted octanol–water partition coefficient (Wildman–Crippen LogP) is 3.70. The van der Waals surface area contributed by atoms with Gasteiger partial charge in [0.2, 0.25) is 0 Å². The molecule has 1 rings (SSSR count). The van der Waals surface area contributed by atoms with Crippen LogP contribution in [0.15, 0.2) is 30.3 Å². The zero-order chi connectivity index (χ0) is 15.6. The van der Waals surface area contributed by atoms with E-state index in [2.05, 4.69) is 0 Å². The van der Waals surface area contributed by atoms with Crippen molar-refractivity contribution in [3.63, 3.8) is 0 Å². The Morgan fingerprint density at radius 3 is 2.00 bits per heavy atom. The first-order valence-electron chi connectivity index (χ1n) is 7.44. The summed E-state index contributed by atoms with van der Waals surface area (Å²) in [7, 11) is 6.74. The highest BCUT2D eigenvalue weighted by molar-refractivity contribution is 5.20. The Bertz CT molecular complexity index is 358. The van der Waals surface area contributed by atoms with Crippen LogP contribution in [-0.2, 0) is 24.7 Å². The lowest BCUT2D eigenvalue weighted by molar-refractivity contribution is -0.221. The zero-order valence-electron chi connectivity index (χ0n) is 13.6. The third-order valence-corrected chi connectivity index (χ3v) is 3.84. The molecule has 0 heterocycles. The largest absolute Gasteiger partial charge is 0.356 e. The summed E-state index contributed by atoms with van der Waals surface area (Å²) in [6, 6.07) is 10.1. The van der Waals surface area contributed by atoms with Crippen LogP contribution in [0.25, 0.3) is 0 Å². The average Bonchev–Trinajstić information content (AvgIpc) is 2.56. The summed E-state index contributed by atoms with van der Waals surface area (Å²) in [6.07, 6.45) is 4.81. The Morgan fingerprint density at radius 1 is 0.857 bits per heavy atom. The molecule has 4 nitrogen and oxygen atoms in total. The van der Waals surface area contributed by atoms with Crippen molar-refractivity contribution >= 4 is 0 Å². The molecule has 120 valence electrons. The van der Waals surface area contributed by atoms with Crippen LogP contribution < -0.4 is 0 Å². The summed E-state index contributed by atoms with van der Waals surface area (Å²) >= 11 is 0. The van der Waals surface area contributed by atoms with Gasteiger partial charge in [-0.25, -0.2) is 0 Å². The van der Waals surface area contributed by atoms with Gasteiger partial charge < -0.3 is 18.9 Å². The van der Waals surface area contributed by atoms with Gasteiger partial charge in [0, 0.05) is 40.4 Å². The average molecular weight is 296 g/mol. The van der Waals surface area contributed by atoms with Gasteiger partial charge in [-0.2, -0.15) is 0 Å². The normalized spacial score (nSPS) is 12.0. The highest BCUT2D eigenvalue weighted by Gasteiger charge is 2.31. The molecule has 0 saturated carbocycles. The molecule has 4 heteroatoms. The second kappa shape index (κ2) is 9.90. The molecule has 0 radical (unpaired) electrons. The number of methoxy groups -OCH3 is 4. The number of unbranched alkanes of at least 4 members (excludes halogenated alkanes) is 2. The van der Waals surface area contributed by atoms with Gasteiger partial charge >= 0.3 is 0 Å². The molecule has 0 amide bonds.